The van der Waals surface area contributed by atoms with E-state index in [1.54, 1.807) is 38.5 Å². The van der Waals surface area contributed by atoms with Crippen molar-refractivity contribution in [2.45, 2.75) is 6.42 Å². The van der Waals surface area contributed by atoms with Crippen molar-refractivity contribution in [3.05, 3.63) is 47.5 Å². The van der Waals surface area contributed by atoms with Crippen LogP contribution in [0.1, 0.15) is 27.1 Å². The van der Waals surface area contributed by atoms with Crippen LogP contribution in [-0.2, 0) is 0 Å². The van der Waals surface area contributed by atoms with Gasteiger partial charge in [0, 0.05) is 56.9 Å². The van der Waals surface area contributed by atoms with E-state index in [0.717, 1.165) is 31.7 Å². The fraction of sp³-hybridized carbons (Fsp3) is 0.440. The molecular formula is C25H33N5O4. The van der Waals surface area contributed by atoms with E-state index in [-0.39, 0.29) is 11.8 Å². The Labute approximate surface area is 200 Å². The minimum absolute atomic E-state index is 0.0206. The predicted octanol–water partition coefficient (Wildman–Crippen LogP) is 1.68. The van der Waals surface area contributed by atoms with Crippen LogP contribution in [0, 0.1) is 0 Å². The van der Waals surface area contributed by atoms with Crippen molar-refractivity contribution in [1.82, 2.24) is 15.1 Å². The second kappa shape index (κ2) is 10.6. The van der Waals surface area contributed by atoms with Crippen LogP contribution in [0.25, 0.3) is 0 Å². The first-order chi connectivity index (χ1) is 16.5. The van der Waals surface area contributed by atoms with Gasteiger partial charge < -0.3 is 35.2 Å². The zero-order chi connectivity index (χ0) is 24.1. The third-order valence-electron chi connectivity index (χ3n) is 6.44. The van der Waals surface area contributed by atoms with Crippen LogP contribution in [0.2, 0.25) is 0 Å². The van der Waals surface area contributed by atoms with E-state index in [1.807, 2.05) is 21.9 Å². The molecule has 2 aromatic rings. The summed E-state index contributed by atoms with van der Waals surface area (Å²) < 4.78 is 10.6. The lowest BCUT2D eigenvalue weighted by Gasteiger charge is -2.36. The van der Waals surface area contributed by atoms with E-state index < -0.39 is 0 Å². The van der Waals surface area contributed by atoms with E-state index in [9.17, 15) is 9.59 Å². The number of methoxy groups -OCH3 is 2. The summed E-state index contributed by atoms with van der Waals surface area (Å²) in [5, 5.41) is 3.31. The summed E-state index contributed by atoms with van der Waals surface area (Å²) in [5.74, 6) is 1.10. The molecule has 2 heterocycles. The van der Waals surface area contributed by atoms with Crippen molar-refractivity contribution in [2.75, 3.05) is 77.2 Å². The normalized spacial score (nSPS) is 16.7. The quantitative estimate of drug-likeness (QED) is 0.646. The number of nitrogen functional groups attached to an aromatic ring is 1. The average Bonchev–Trinajstić information content (AvgIpc) is 3.17. The molecule has 2 aromatic carbocycles. The third-order valence-corrected chi connectivity index (χ3v) is 6.44. The highest BCUT2D eigenvalue weighted by atomic mass is 16.5. The number of nitrogens with two attached hydrogens (primary N) is 1. The monoisotopic (exact) mass is 467 g/mol. The molecule has 2 fully saturated rings. The van der Waals surface area contributed by atoms with E-state index >= 15 is 0 Å². The zero-order valence-electron chi connectivity index (χ0n) is 19.9. The summed E-state index contributed by atoms with van der Waals surface area (Å²) in [7, 11) is 3.12. The van der Waals surface area contributed by atoms with Crippen LogP contribution in [-0.4, -0.2) is 88.2 Å². The summed E-state index contributed by atoms with van der Waals surface area (Å²) in [6.07, 6.45) is 0.950. The number of piperazine rings is 1. The Bertz CT molecular complexity index is 1030. The summed E-state index contributed by atoms with van der Waals surface area (Å²) >= 11 is 0. The summed E-state index contributed by atoms with van der Waals surface area (Å²) in [6.45, 7) is 5.68. The van der Waals surface area contributed by atoms with Crippen molar-refractivity contribution < 1.29 is 19.1 Å². The van der Waals surface area contributed by atoms with E-state index in [2.05, 4.69) is 10.2 Å². The first kappa shape index (κ1) is 23.7. The number of anilines is 2. The summed E-state index contributed by atoms with van der Waals surface area (Å²) in [6, 6.07) is 10.8. The molecule has 9 nitrogen and oxygen atoms in total. The number of rotatable bonds is 5. The predicted molar refractivity (Wildman–Crippen MR) is 132 cm³/mol. The molecule has 2 amide bonds. The van der Waals surface area contributed by atoms with Gasteiger partial charge in [-0.3, -0.25) is 9.59 Å². The van der Waals surface area contributed by atoms with Gasteiger partial charge in [0.05, 0.1) is 25.6 Å². The van der Waals surface area contributed by atoms with Gasteiger partial charge in [-0.25, -0.2) is 0 Å². The first-order valence-corrected chi connectivity index (χ1v) is 11.7. The fourth-order valence-corrected chi connectivity index (χ4v) is 4.51. The van der Waals surface area contributed by atoms with Gasteiger partial charge in [-0.2, -0.15) is 0 Å². The number of carbonyl (C=O) groups is 2. The molecule has 182 valence electrons. The number of hydrogen-bond acceptors (Lipinski definition) is 7. The number of nitrogens with one attached hydrogen (secondary N) is 1. The van der Waals surface area contributed by atoms with Gasteiger partial charge in [0.25, 0.3) is 11.8 Å². The minimum Gasteiger partial charge on any atom is -0.493 e. The second-order valence-corrected chi connectivity index (χ2v) is 8.52. The first-order valence-electron chi connectivity index (χ1n) is 11.7. The van der Waals surface area contributed by atoms with Crippen LogP contribution in [0.4, 0.5) is 11.4 Å². The smallest absolute Gasteiger partial charge is 0.254 e. The number of carbonyl (C=O) groups excluding carboxylic acids is 2. The number of ether oxygens (including phenoxy) is 2. The van der Waals surface area contributed by atoms with Crippen LogP contribution in [0.3, 0.4) is 0 Å². The van der Waals surface area contributed by atoms with Crippen molar-refractivity contribution >= 4 is 23.2 Å². The highest BCUT2D eigenvalue weighted by molar-refractivity contribution is 5.96. The highest BCUT2D eigenvalue weighted by Gasteiger charge is 2.25. The average molecular weight is 468 g/mol. The van der Waals surface area contributed by atoms with Crippen LogP contribution < -0.4 is 25.4 Å². The molecule has 2 saturated heterocycles. The third kappa shape index (κ3) is 5.04. The molecular weight excluding hydrogens is 434 g/mol. The number of benzene rings is 2. The molecule has 0 atom stereocenters. The topological polar surface area (TPSA) is 100 Å². The van der Waals surface area contributed by atoms with Crippen LogP contribution in [0.15, 0.2) is 36.4 Å². The Morgan fingerprint density at radius 3 is 2.12 bits per heavy atom. The molecule has 4 rings (SSSR count). The Balaban J connectivity index is 1.39. The van der Waals surface area contributed by atoms with Gasteiger partial charge in [0.1, 0.15) is 0 Å². The Morgan fingerprint density at radius 2 is 1.44 bits per heavy atom. The largest absolute Gasteiger partial charge is 0.493 e. The molecule has 2 aliphatic heterocycles. The number of amides is 2. The van der Waals surface area contributed by atoms with Crippen LogP contribution in [0.5, 0.6) is 11.5 Å². The standard InChI is InChI=1S/C25H33N5O4/c1-33-22-7-5-19(17-23(22)34-2)25(32)30-14-12-28(13-15-30)21-6-4-18(16-20(21)26)24(31)29-10-3-8-27-9-11-29/h4-7,16-17,27H,3,8-15,26H2,1-2H3. The summed E-state index contributed by atoms with van der Waals surface area (Å²) in [4.78, 5) is 31.8. The fourth-order valence-electron chi connectivity index (χ4n) is 4.51. The molecule has 0 saturated carbocycles. The van der Waals surface area contributed by atoms with E-state index in [1.165, 1.54) is 0 Å². The molecule has 0 unspecified atom stereocenters. The van der Waals surface area contributed by atoms with Crippen molar-refractivity contribution in [1.29, 1.82) is 0 Å². The van der Waals surface area contributed by atoms with Gasteiger partial charge in [0.2, 0.25) is 0 Å². The van der Waals surface area contributed by atoms with Gasteiger partial charge >= 0.3 is 0 Å². The maximum absolute atomic E-state index is 13.0. The molecule has 0 aromatic heterocycles. The summed E-state index contributed by atoms with van der Waals surface area (Å²) in [5.41, 5.74) is 9.02. The Morgan fingerprint density at radius 1 is 0.794 bits per heavy atom. The molecule has 3 N–H and O–H groups in total. The molecule has 0 radical (unpaired) electrons. The lowest BCUT2D eigenvalue weighted by molar-refractivity contribution is 0.0743. The Hall–Kier alpha value is -3.46. The Kier molecular flexibility index (Phi) is 7.42. The molecule has 2 aliphatic rings. The lowest BCUT2D eigenvalue weighted by Crippen LogP contribution is -2.49. The number of hydrogen-bond donors (Lipinski definition) is 2. The lowest BCUT2D eigenvalue weighted by atomic mass is 10.1. The molecule has 9 heteroatoms. The van der Waals surface area contributed by atoms with Gasteiger partial charge in [0.15, 0.2) is 11.5 Å². The van der Waals surface area contributed by atoms with Crippen molar-refractivity contribution in [3.8, 4) is 11.5 Å². The van der Waals surface area contributed by atoms with Crippen molar-refractivity contribution in [3.63, 3.8) is 0 Å². The van der Waals surface area contributed by atoms with E-state index in [0.29, 0.717) is 61.0 Å². The maximum atomic E-state index is 13.0. The van der Waals surface area contributed by atoms with E-state index in [4.69, 9.17) is 15.2 Å². The maximum Gasteiger partial charge on any atom is 0.254 e. The molecule has 0 bridgehead atoms. The molecule has 0 spiro atoms. The highest BCUT2D eigenvalue weighted by Crippen LogP contribution is 2.29. The molecule has 34 heavy (non-hydrogen) atoms. The molecule has 0 aliphatic carbocycles. The SMILES string of the molecule is COc1ccc(C(=O)N2CCN(c3ccc(C(=O)N4CCCNCC4)cc3N)CC2)cc1OC. The van der Waals surface area contributed by atoms with Crippen molar-refractivity contribution in [2.24, 2.45) is 0 Å². The van der Waals surface area contributed by atoms with Crippen LogP contribution >= 0.6 is 0 Å². The zero-order valence-corrected chi connectivity index (χ0v) is 19.9. The van der Waals surface area contributed by atoms with Gasteiger partial charge in [-0.05, 0) is 49.4 Å². The number of nitrogens with zero attached hydrogens (tertiary/aromatic N) is 3. The van der Waals surface area contributed by atoms with Gasteiger partial charge in [-0.15, -0.1) is 0 Å². The second-order valence-electron chi connectivity index (χ2n) is 8.52. The van der Waals surface area contributed by atoms with Gasteiger partial charge in [-0.1, -0.05) is 0 Å². The minimum atomic E-state index is -0.0403.